The van der Waals surface area contributed by atoms with E-state index in [2.05, 4.69) is 12.2 Å². The molecule has 0 saturated carbocycles. The SMILES string of the molecule is CCc1ccc(C(C)NC(=O)c2cc([N+](=O)[O-])ccc2N2CCOCC2)cc1. The zero-order chi connectivity index (χ0) is 20.1. The number of nitrogens with zero attached hydrogens (tertiary/aromatic N) is 2. The minimum atomic E-state index is -0.479. The first-order valence-corrected chi connectivity index (χ1v) is 9.50. The summed E-state index contributed by atoms with van der Waals surface area (Å²) in [6, 6.07) is 12.3. The van der Waals surface area contributed by atoms with E-state index < -0.39 is 4.92 Å². The number of nitro groups is 1. The molecule has 0 radical (unpaired) electrons. The van der Waals surface area contributed by atoms with Gasteiger partial charge < -0.3 is 15.0 Å². The van der Waals surface area contributed by atoms with Crippen LogP contribution in [0, 0.1) is 10.1 Å². The first kappa shape index (κ1) is 19.8. The van der Waals surface area contributed by atoms with Gasteiger partial charge in [0.15, 0.2) is 0 Å². The summed E-state index contributed by atoms with van der Waals surface area (Å²) in [6.07, 6.45) is 0.956. The van der Waals surface area contributed by atoms with Crippen LogP contribution in [-0.4, -0.2) is 37.1 Å². The van der Waals surface area contributed by atoms with Crippen LogP contribution in [0.2, 0.25) is 0 Å². The molecular formula is C21H25N3O4. The smallest absolute Gasteiger partial charge is 0.270 e. The number of carbonyl (C=O) groups is 1. The number of hydrogen-bond acceptors (Lipinski definition) is 5. The number of non-ortho nitro benzene ring substituents is 1. The fourth-order valence-electron chi connectivity index (χ4n) is 3.30. The Labute approximate surface area is 164 Å². The van der Waals surface area contributed by atoms with Gasteiger partial charge in [-0.25, -0.2) is 0 Å². The molecule has 7 nitrogen and oxygen atoms in total. The van der Waals surface area contributed by atoms with E-state index in [1.54, 1.807) is 6.07 Å². The quantitative estimate of drug-likeness (QED) is 0.610. The number of carbonyl (C=O) groups excluding carboxylic acids is 1. The standard InChI is InChI=1S/C21H25N3O4/c1-3-16-4-6-17(7-5-16)15(2)22-21(25)19-14-18(24(26)27)8-9-20(19)23-10-12-28-13-11-23/h4-9,14-15H,3,10-13H2,1-2H3,(H,22,25). The highest BCUT2D eigenvalue weighted by molar-refractivity contribution is 6.00. The molecule has 0 aromatic heterocycles. The van der Waals surface area contributed by atoms with E-state index in [1.165, 1.54) is 17.7 Å². The number of amides is 1. The van der Waals surface area contributed by atoms with Crippen LogP contribution in [-0.2, 0) is 11.2 Å². The molecule has 1 N–H and O–H groups in total. The van der Waals surface area contributed by atoms with Gasteiger partial charge in [0.1, 0.15) is 0 Å². The Morgan fingerprint density at radius 2 is 1.89 bits per heavy atom. The van der Waals surface area contributed by atoms with Crippen molar-refractivity contribution in [3.63, 3.8) is 0 Å². The zero-order valence-electron chi connectivity index (χ0n) is 16.2. The van der Waals surface area contributed by atoms with Gasteiger partial charge in [-0.3, -0.25) is 14.9 Å². The Morgan fingerprint density at radius 3 is 2.50 bits per heavy atom. The van der Waals surface area contributed by atoms with Crippen molar-refractivity contribution in [3.05, 3.63) is 69.3 Å². The van der Waals surface area contributed by atoms with Crippen LogP contribution in [0.5, 0.6) is 0 Å². The first-order valence-electron chi connectivity index (χ1n) is 9.50. The monoisotopic (exact) mass is 383 g/mol. The Balaban J connectivity index is 1.85. The molecular weight excluding hydrogens is 358 g/mol. The van der Waals surface area contributed by atoms with E-state index in [0.717, 1.165) is 12.0 Å². The molecule has 1 amide bonds. The van der Waals surface area contributed by atoms with Crippen LogP contribution in [0.3, 0.4) is 0 Å². The molecule has 1 heterocycles. The molecule has 2 aromatic carbocycles. The number of aryl methyl sites for hydroxylation is 1. The van der Waals surface area contributed by atoms with Gasteiger partial charge in [0.25, 0.3) is 11.6 Å². The number of rotatable bonds is 6. The number of morpholine rings is 1. The molecule has 1 aliphatic heterocycles. The summed E-state index contributed by atoms with van der Waals surface area (Å²) >= 11 is 0. The molecule has 7 heteroatoms. The topological polar surface area (TPSA) is 84.7 Å². The molecule has 1 atom stereocenters. The van der Waals surface area contributed by atoms with Gasteiger partial charge >= 0.3 is 0 Å². The summed E-state index contributed by atoms with van der Waals surface area (Å²) in [5.74, 6) is -0.322. The van der Waals surface area contributed by atoms with Crippen molar-refractivity contribution in [2.75, 3.05) is 31.2 Å². The summed E-state index contributed by atoms with van der Waals surface area (Å²) in [6.45, 7) is 6.43. The summed E-state index contributed by atoms with van der Waals surface area (Å²) in [5, 5.41) is 14.2. The van der Waals surface area contributed by atoms with E-state index in [1.807, 2.05) is 36.1 Å². The fourth-order valence-corrected chi connectivity index (χ4v) is 3.30. The summed E-state index contributed by atoms with van der Waals surface area (Å²) in [4.78, 5) is 25.8. The number of nitro benzene ring substituents is 1. The molecule has 3 rings (SSSR count). The van der Waals surface area contributed by atoms with Crippen molar-refractivity contribution in [2.24, 2.45) is 0 Å². The van der Waals surface area contributed by atoms with Crippen molar-refractivity contribution in [2.45, 2.75) is 26.3 Å². The third-order valence-electron chi connectivity index (χ3n) is 5.02. The van der Waals surface area contributed by atoms with E-state index in [9.17, 15) is 14.9 Å². The van der Waals surface area contributed by atoms with Crippen molar-refractivity contribution in [1.82, 2.24) is 5.32 Å². The maximum absolute atomic E-state index is 13.0. The van der Waals surface area contributed by atoms with Crippen molar-refractivity contribution < 1.29 is 14.5 Å². The van der Waals surface area contributed by atoms with Gasteiger partial charge in [0.2, 0.25) is 0 Å². The van der Waals surface area contributed by atoms with Crippen molar-refractivity contribution >= 4 is 17.3 Å². The lowest BCUT2D eigenvalue weighted by Crippen LogP contribution is -2.38. The number of anilines is 1. The lowest BCUT2D eigenvalue weighted by Gasteiger charge is -2.30. The second-order valence-corrected chi connectivity index (χ2v) is 6.85. The Morgan fingerprint density at radius 1 is 1.21 bits per heavy atom. The van der Waals surface area contributed by atoms with Crippen molar-refractivity contribution in [3.8, 4) is 0 Å². The van der Waals surface area contributed by atoms with Gasteiger partial charge in [0.05, 0.1) is 35.4 Å². The molecule has 1 fully saturated rings. The number of hydrogen-bond donors (Lipinski definition) is 1. The predicted molar refractivity (Wildman–Crippen MR) is 108 cm³/mol. The van der Waals surface area contributed by atoms with Crippen LogP contribution < -0.4 is 10.2 Å². The normalized spacial score (nSPS) is 15.1. The molecule has 1 aliphatic rings. The van der Waals surface area contributed by atoms with E-state index in [0.29, 0.717) is 37.6 Å². The largest absolute Gasteiger partial charge is 0.378 e. The van der Waals surface area contributed by atoms with Gasteiger partial charge in [-0.15, -0.1) is 0 Å². The molecule has 1 saturated heterocycles. The summed E-state index contributed by atoms with van der Waals surface area (Å²) in [5.41, 5.74) is 3.13. The molecule has 1 unspecified atom stereocenters. The fraction of sp³-hybridized carbons (Fsp3) is 0.381. The maximum Gasteiger partial charge on any atom is 0.270 e. The predicted octanol–water partition coefficient (Wildman–Crippen LogP) is 3.48. The minimum Gasteiger partial charge on any atom is -0.378 e. The zero-order valence-corrected chi connectivity index (χ0v) is 16.2. The van der Waals surface area contributed by atoms with E-state index >= 15 is 0 Å². The summed E-state index contributed by atoms with van der Waals surface area (Å²) < 4.78 is 5.37. The van der Waals surface area contributed by atoms with Crippen LogP contribution in [0.4, 0.5) is 11.4 Å². The van der Waals surface area contributed by atoms with Crippen LogP contribution in [0.15, 0.2) is 42.5 Å². The Bertz CT molecular complexity index is 845. The lowest BCUT2D eigenvalue weighted by atomic mass is 10.0. The third-order valence-corrected chi connectivity index (χ3v) is 5.02. The molecule has 28 heavy (non-hydrogen) atoms. The third kappa shape index (κ3) is 4.48. The minimum absolute atomic E-state index is 0.0953. The van der Waals surface area contributed by atoms with Crippen molar-refractivity contribution in [1.29, 1.82) is 0 Å². The van der Waals surface area contributed by atoms with Crippen LogP contribution in [0.25, 0.3) is 0 Å². The highest BCUT2D eigenvalue weighted by Crippen LogP contribution is 2.27. The molecule has 0 spiro atoms. The highest BCUT2D eigenvalue weighted by atomic mass is 16.6. The molecule has 2 aromatic rings. The van der Waals surface area contributed by atoms with Crippen LogP contribution in [0.1, 0.15) is 41.4 Å². The second kappa shape index (κ2) is 8.84. The highest BCUT2D eigenvalue weighted by Gasteiger charge is 2.23. The average Bonchev–Trinajstić information content (AvgIpc) is 2.73. The van der Waals surface area contributed by atoms with Gasteiger partial charge in [-0.05, 0) is 30.5 Å². The first-order chi connectivity index (χ1) is 13.5. The second-order valence-electron chi connectivity index (χ2n) is 6.85. The van der Waals surface area contributed by atoms with Gasteiger partial charge in [-0.2, -0.15) is 0 Å². The number of ether oxygens (including phenoxy) is 1. The van der Waals surface area contributed by atoms with E-state index in [4.69, 9.17) is 4.74 Å². The lowest BCUT2D eigenvalue weighted by molar-refractivity contribution is -0.384. The molecule has 0 aliphatic carbocycles. The Kier molecular flexibility index (Phi) is 6.26. The number of benzene rings is 2. The maximum atomic E-state index is 13.0. The van der Waals surface area contributed by atoms with E-state index in [-0.39, 0.29) is 17.6 Å². The number of nitrogens with one attached hydrogen (secondary N) is 1. The Hall–Kier alpha value is -2.93. The van der Waals surface area contributed by atoms with Crippen LogP contribution >= 0.6 is 0 Å². The van der Waals surface area contributed by atoms with Gasteiger partial charge in [0, 0.05) is 25.2 Å². The summed E-state index contributed by atoms with van der Waals surface area (Å²) in [7, 11) is 0. The molecule has 0 bridgehead atoms. The van der Waals surface area contributed by atoms with Gasteiger partial charge in [-0.1, -0.05) is 31.2 Å². The average molecular weight is 383 g/mol. The molecule has 148 valence electrons.